The van der Waals surface area contributed by atoms with Crippen molar-refractivity contribution in [2.45, 2.75) is 39.2 Å². The van der Waals surface area contributed by atoms with E-state index in [1.54, 1.807) is 23.1 Å². The van der Waals surface area contributed by atoms with Gasteiger partial charge in [0.15, 0.2) is 0 Å². The topological polar surface area (TPSA) is 52.6 Å². The summed E-state index contributed by atoms with van der Waals surface area (Å²) in [6.07, 6.45) is 1.02. The zero-order valence-corrected chi connectivity index (χ0v) is 13.5. The molecule has 0 saturated carbocycles. The third-order valence-corrected chi connectivity index (χ3v) is 4.83. The second-order valence-electron chi connectivity index (χ2n) is 6.90. The molecule has 1 aromatic rings. The number of hydrogen-bond acceptors (Lipinski definition) is 2. The molecule has 0 aromatic heterocycles. The molecule has 0 aliphatic carbocycles. The van der Waals surface area contributed by atoms with Gasteiger partial charge in [0.05, 0.1) is 5.60 Å². The van der Waals surface area contributed by atoms with Crippen molar-refractivity contribution in [1.29, 1.82) is 0 Å². The van der Waals surface area contributed by atoms with Gasteiger partial charge in [0.2, 0.25) is 0 Å². The smallest absolute Gasteiger partial charge is 0.317 e. The molecule has 2 N–H and O–H groups in total. The molecule has 0 unspecified atom stereocenters. The highest BCUT2D eigenvalue weighted by molar-refractivity contribution is 5.74. The largest absolute Gasteiger partial charge is 0.389 e. The highest BCUT2D eigenvalue weighted by atomic mass is 19.1. The number of nitrogens with zero attached hydrogens (tertiary/aromatic N) is 1. The summed E-state index contributed by atoms with van der Waals surface area (Å²) in [5.74, 6) is -0.244. The monoisotopic (exact) mass is 308 g/mol. The fourth-order valence-electron chi connectivity index (χ4n) is 2.71. The van der Waals surface area contributed by atoms with E-state index in [1.165, 1.54) is 6.07 Å². The lowest BCUT2D eigenvalue weighted by Gasteiger charge is -2.48. The van der Waals surface area contributed by atoms with Crippen LogP contribution in [0.2, 0.25) is 0 Å². The molecule has 4 nitrogen and oxygen atoms in total. The lowest BCUT2D eigenvalue weighted by atomic mass is 9.71. The molecule has 1 saturated heterocycles. The highest BCUT2D eigenvalue weighted by Gasteiger charge is 2.45. The average Bonchev–Trinajstić information content (AvgIpc) is 2.44. The molecule has 2 rings (SSSR count). The third kappa shape index (κ3) is 3.58. The predicted molar refractivity (Wildman–Crippen MR) is 84.1 cm³/mol. The van der Waals surface area contributed by atoms with Crippen LogP contribution in [0.1, 0.15) is 32.8 Å². The van der Waals surface area contributed by atoms with Crippen LogP contribution in [-0.2, 0) is 6.42 Å². The standard InChI is InChI=1S/C17H25FN2O2/c1-16(2)12-20(11-9-17(16,3)22)15(21)19-10-8-13-6-4-5-7-14(13)18/h4-7,22H,8-12H2,1-3H3,(H,19,21)/t17-/m1/s1. The van der Waals surface area contributed by atoms with Crippen LogP contribution in [0.3, 0.4) is 0 Å². The molecule has 2 amide bonds. The average molecular weight is 308 g/mol. The Bertz CT molecular complexity index is 543. The normalized spacial score (nSPS) is 24.1. The maximum Gasteiger partial charge on any atom is 0.317 e. The van der Waals surface area contributed by atoms with Crippen LogP contribution < -0.4 is 5.32 Å². The summed E-state index contributed by atoms with van der Waals surface area (Å²) >= 11 is 0. The number of likely N-dealkylation sites (tertiary alicyclic amines) is 1. The molecule has 0 radical (unpaired) electrons. The molecular weight excluding hydrogens is 283 g/mol. The van der Waals surface area contributed by atoms with Gasteiger partial charge in [-0.3, -0.25) is 0 Å². The number of benzene rings is 1. The first-order valence-corrected chi connectivity index (χ1v) is 7.71. The lowest BCUT2D eigenvalue weighted by molar-refractivity contribution is -0.0954. The zero-order valence-electron chi connectivity index (χ0n) is 13.5. The van der Waals surface area contributed by atoms with Crippen LogP contribution in [0.4, 0.5) is 9.18 Å². The number of piperidine rings is 1. The summed E-state index contributed by atoms with van der Waals surface area (Å²) < 4.78 is 13.5. The van der Waals surface area contributed by atoms with Crippen molar-refractivity contribution in [2.24, 2.45) is 5.41 Å². The van der Waals surface area contributed by atoms with E-state index in [0.717, 1.165) is 0 Å². The number of carbonyl (C=O) groups excluding carboxylic acids is 1. The van der Waals surface area contributed by atoms with Crippen molar-refractivity contribution >= 4 is 6.03 Å². The minimum absolute atomic E-state index is 0.153. The number of aliphatic hydroxyl groups is 1. The summed E-state index contributed by atoms with van der Waals surface area (Å²) in [6, 6.07) is 6.43. The number of nitrogens with one attached hydrogen (secondary N) is 1. The van der Waals surface area contributed by atoms with Gasteiger partial charge < -0.3 is 15.3 Å². The SMILES string of the molecule is CC1(C)CN(C(=O)NCCc2ccccc2F)CC[C@@]1(C)O. The van der Waals surface area contributed by atoms with Crippen LogP contribution >= 0.6 is 0 Å². The van der Waals surface area contributed by atoms with Gasteiger partial charge in [-0.2, -0.15) is 0 Å². The van der Waals surface area contributed by atoms with E-state index in [0.29, 0.717) is 38.0 Å². The maximum absolute atomic E-state index is 13.5. The second-order valence-corrected chi connectivity index (χ2v) is 6.90. The summed E-state index contributed by atoms with van der Waals surface area (Å²) in [5.41, 5.74) is -0.518. The Morgan fingerprint density at radius 3 is 2.68 bits per heavy atom. The Morgan fingerprint density at radius 1 is 1.36 bits per heavy atom. The molecule has 1 aliphatic rings. The molecule has 1 atom stereocenters. The summed E-state index contributed by atoms with van der Waals surface area (Å²) in [5, 5.41) is 13.2. The number of hydrogen-bond donors (Lipinski definition) is 2. The summed E-state index contributed by atoms with van der Waals surface area (Å²) in [7, 11) is 0. The van der Waals surface area contributed by atoms with E-state index < -0.39 is 5.60 Å². The Kier molecular flexibility index (Phi) is 4.75. The van der Waals surface area contributed by atoms with Crippen molar-refractivity contribution in [3.8, 4) is 0 Å². The third-order valence-electron chi connectivity index (χ3n) is 4.83. The maximum atomic E-state index is 13.5. The molecule has 1 aromatic carbocycles. The molecule has 1 aliphatic heterocycles. The van der Waals surface area contributed by atoms with E-state index in [4.69, 9.17) is 0 Å². The van der Waals surface area contributed by atoms with Crippen LogP contribution in [0, 0.1) is 11.2 Å². The first-order chi connectivity index (χ1) is 10.2. The van der Waals surface area contributed by atoms with Crippen molar-refractivity contribution < 1.29 is 14.3 Å². The number of halogens is 1. The van der Waals surface area contributed by atoms with Crippen molar-refractivity contribution in [2.75, 3.05) is 19.6 Å². The molecule has 122 valence electrons. The number of amides is 2. The molecule has 1 fully saturated rings. The quantitative estimate of drug-likeness (QED) is 0.901. The molecule has 5 heteroatoms. The molecule has 0 bridgehead atoms. The predicted octanol–water partition coefficient (Wildman–Crippen LogP) is 2.56. The Hall–Kier alpha value is -1.62. The van der Waals surface area contributed by atoms with Gasteiger partial charge in [0.25, 0.3) is 0 Å². The number of carbonyl (C=O) groups is 1. The van der Waals surface area contributed by atoms with Crippen LogP contribution in [0.15, 0.2) is 24.3 Å². The fourth-order valence-corrected chi connectivity index (χ4v) is 2.71. The van der Waals surface area contributed by atoms with Gasteiger partial charge in [-0.05, 0) is 31.4 Å². The summed E-state index contributed by atoms with van der Waals surface area (Å²) in [4.78, 5) is 13.9. The Morgan fingerprint density at radius 2 is 2.05 bits per heavy atom. The van der Waals surface area contributed by atoms with Gasteiger partial charge in [0, 0.05) is 25.0 Å². The van der Waals surface area contributed by atoms with E-state index >= 15 is 0 Å². The zero-order chi connectivity index (χ0) is 16.4. The van der Waals surface area contributed by atoms with Gasteiger partial charge in [-0.15, -0.1) is 0 Å². The van der Waals surface area contributed by atoms with Gasteiger partial charge in [-0.1, -0.05) is 32.0 Å². The van der Waals surface area contributed by atoms with Crippen LogP contribution in [-0.4, -0.2) is 41.3 Å². The molecule has 0 spiro atoms. The molecular formula is C17H25FN2O2. The first-order valence-electron chi connectivity index (χ1n) is 7.71. The number of urea groups is 1. The molecule has 1 heterocycles. The lowest BCUT2D eigenvalue weighted by Crippen LogP contribution is -2.58. The van der Waals surface area contributed by atoms with Gasteiger partial charge in [-0.25, -0.2) is 9.18 Å². The van der Waals surface area contributed by atoms with E-state index in [2.05, 4.69) is 5.32 Å². The van der Waals surface area contributed by atoms with Crippen LogP contribution in [0.25, 0.3) is 0 Å². The Balaban J connectivity index is 1.85. The number of rotatable bonds is 3. The van der Waals surface area contributed by atoms with E-state index in [-0.39, 0.29) is 17.3 Å². The Labute approximate surface area is 131 Å². The second kappa shape index (κ2) is 6.24. The van der Waals surface area contributed by atoms with E-state index in [9.17, 15) is 14.3 Å². The van der Waals surface area contributed by atoms with Crippen molar-refractivity contribution in [3.05, 3.63) is 35.6 Å². The van der Waals surface area contributed by atoms with Gasteiger partial charge >= 0.3 is 6.03 Å². The van der Waals surface area contributed by atoms with Gasteiger partial charge in [0.1, 0.15) is 5.82 Å². The van der Waals surface area contributed by atoms with Crippen LogP contribution in [0.5, 0.6) is 0 Å². The van der Waals surface area contributed by atoms with E-state index in [1.807, 2.05) is 20.8 Å². The summed E-state index contributed by atoms with van der Waals surface area (Å²) in [6.45, 7) is 7.18. The fraction of sp³-hybridized carbons (Fsp3) is 0.588. The molecule has 22 heavy (non-hydrogen) atoms. The van der Waals surface area contributed by atoms with Crippen molar-refractivity contribution in [1.82, 2.24) is 10.2 Å². The van der Waals surface area contributed by atoms with Crippen molar-refractivity contribution in [3.63, 3.8) is 0 Å². The first kappa shape index (κ1) is 16.7. The highest BCUT2D eigenvalue weighted by Crippen LogP contribution is 2.38. The minimum atomic E-state index is -0.767. The minimum Gasteiger partial charge on any atom is -0.389 e.